The van der Waals surface area contributed by atoms with Gasteiger partial charge in [-0.3, -0.25) is 10.1 Å². The van der Waals surface area contributed by atoms with Crippen molar-refractivity contribution in [1.29, 1.82) is 0 Å². The summed E-state index contributed by atoms with van der Waals surface area (Å²) in [5, 5.41) is 6.87. The maximum absolute atomic E-state index is 11.5. The number of hydrogen-bond donors (Lipinski definition) is 1. The molecule has 0 aliphatic rings. The van der Waals surface area contributed by atoms with Crippen molar-refractivity contribution in [3.05, 3.63) is 53.4 Å². The molecule has 0 aliphatic carbocycles. The lowest BCUT2D eigenvalue weighted by molar-refractivity contribution is -0.111. The molecular formula is C12H10N2OS2. The molecule has 2 rings (SSSR count). The zero-order valence-corrected chi connectivity index (χ0v) is 10.5. The van der Waals surface area contributed by atoms with Gasteiger partial charge in [-0.25, -0.2) is 4.98 Å². The Labute approximate surface area is 108 Å². The fraction of sp³-hybridized carbons (Fsp3) is 0. The Kier molecular flexibility index (Phi) is 4.35. The third-order valence-electron chi connectivity index (χ3n) is 1.83. The number of hydrogen-bond acceptors (Lipinski definition) is 4. The van der Waals surface area contributed by atoms with Gasteiger partial charge in [-0.15, -0.1) is 11.3 Å². The molecule has 0 saturated heterocycles. The molecule has 0 bridgehead atoms. The third kappa shape index (κ3) is 4.05. The van der Waals surface area contributed by atoms with Crippen LogP contribution in [0.15, 0.2) is 58.3 Å². The van der Waals surface area contributed by atoms with Gasteiger partial charge in [0.15, 0.2) is 5.13 Å². The van der Waals surface area contributed by atoms with E-state index in [1.165, 1.54) is 29.2 Å². The maximum Gasteiger partial charge on any atom is 0.250 e. The lowest BCUT2D eigenvalue weighted by atomic mass is 10.4. The standard InChI is InChI=1S/C12H10N2OS2/c15-11(14-12-13-7-9-17-12)6-8-16-10-4-2-1-3-5-10/h1-9H,(H,13,14,15)/b8-6+. The number of nitrogens with zero attached hydrogens (tertiary/aromatic N) is 1. The van der Waals surface area contributed by atoms with Crippen LogP contribution in [0.1, 0.15) is 0 Å². The second-order valence-electron chi connectivity index (χ2n) is 3.06. The fourth-order valence-corrected chi connectivity index (χ4v) is 2.30. The molecule has 0 radical (unpaired) electrons. The van der Waals surface area contributed by atoms with E-state index in [0.29, 0.717) is 5.13 Å². The molecule has 0 fully saturated rings. The van der Waals surface area contributed by atoms with Gasteiger partial charge in [0.25, 0.3) is 5.91 Å². The highest BCUT2D eigenvalue weighted by Gasteiger charge is 1.98. The summed E-state index contributed by atoms with van der Waals surface area (Å²) in [6.07, 6.45) is 3.15. The van der Waals surface area contributed by atoms with Crippen LogP contribution >= 0.6 is 23.1 Å². The van der Waals surface area contributed by atoms with Gasteiger partial charge in [0, 0.05) is 22.5 Å². The van der Waals surface area contributed by atoms with Crippen LogP contribution in [0.25, 0.3) is 0 Å². The van der Waals surface area contributed by atoms with E-state index in [-0.39, 0.29) is 5.91 Å². The van der Waals surface area contributed by atoms with E-state index in [0.717, 1.165) is 4.90 Å². The van der Waals surface area contributed by atoms with Crippen molar-refractivity contribution in [3.63, 3.8) is 0 Å². The Hall–Kier alpha value is -1.59. The average Bonchev–Trinajstić information content (AvgIpc) is 2.83. The van der Waals surface area contributed by atoms with Crippen LogP contribution in [0.5, 0.6) is 0 Å². The molecule has 2 aromatic rings. The zero-order chi connectivity index (χ0) is 11.9. The number of carbonyl (C=O) groups is 1. The topological polar surface area (TPSA) is 42.0 Å². The first-order valence-electron chi connectivity index (χ1n) is 4.93. The first kappa shape index (κ1) is 11.9. The van der Waals surface area contributed by atoms with Gasteiger partial charge >= 0.3 is 0 Å². The van der Waals surface area contributed by atoms with Crippen molar-refractivity contribution in [2.45, 2.75) is 4.90 Å². The van der Waals surface area contributed by atoms with Crippen LogP contribution in [0.2, 0.25) is 0 Å². The monoisotopic (exact) mass is 262 g/mol. The molecule has 0 saturated carbocycles. The summed E-state index contributed by atoms with van der Waals surface area (Å²) in [6.45, 7) is 0. The number of thioether (sulfide) groups is 1. The highest BCUT2D eigenvalue weighted by atomic mass is 32.2. The van der Waals surface area contributed by atoms with E-state index in [1.54, 1.807) is 11.6 Å². The number of thiazole rings is 1. The van der Waals surface area contributed by atoms with Gasteiger partial charge in [0.2, 0.25) is 0 Å². The number of benzene rings is 1. The summed E-state index contributed by atoms with van der Waals surface area (Å²) in [7, 11) is 0. The normalized spacial score (nSPS) is 10.6. The molecule has 86 valence electrons. The van der Waals surface area contributed by atoms with E-state index in [4.69, 9.17) is 0 Å². The lowest BCUT2D eigenvalue weighted by Gasteiger charge is -1.96. The molecule has 0 aliphatic heterocycles. The van der Waals surface area contributed by atoms with Crippen molar-refractivity contribution in [2.75, 3.05) is 5.32 Å². The van der Waals surface area contributed by atoms with Crippen LogP contribution < -0.4 is 5.32 Å². The highest BCUT2D eigenvalue weighted by Crippen LogP contribution is 2.18. The van der Waals surface area contributed by atoms with E-state index >= 15 is 0 Å². The Morgan fingerprint density at radius 2 is 2.18 bits per heavy atom. The van der Waals surface area contributed by atoms with E-state index < -0.39 is 0 Å². The first-order chi connectivity index (χ1) is 8.34. The van der Waals surface area contributed by atoms with E-state index in [1.807, 2.05) is 35.7 Å². The van der Waals surface area contributed by atoms with Crippen LogP contribution in [-0.4, -0.2) is 10.9 Å². The molecule has 5 heteroatoms. The molecule has 1 heterocycles. The molecular weight excluding hydrogens is 252 g/mol. The summed E-state index contributed by atoms with van der Waals surface area (Å²) in [4.78, 5) is 16.5. The van der Waals surface area contributed by atoms with E-state index in [9.17, 15) is 4.79 Å². The maximum atomic E-state index is 11.5. The number of anilines is 1. The minimum Gasteiger partial charge on any atom is -0.298 e. The Morgan fingerprint density at radius 1 is 1.35 bits per heavy atom. The Balaban J connectivity index is 1.83. The largest absolute Gasteiger partial charge is 0.298 e. The van der Waals surface area contributed by atoms with Gasteiger partial charge in [-0.05, 0) is 17.5 Å². The average molecular weight is 262 g/mol. The number of aromatic nitrogens is 1. The first-order valence-corrected chi connectivity index (χ1v) is 6.69. The van der Waals surface area contributed by atoms with Gasteiger partial charge in [0.05, 0.1) is 0 Å². The Bertz CT molecular complexity index is 494. The van der Waals surface area contributed by atoms with Crippen LogP contribution in [-0.2, 0) is 4.79 Å². The molecule has 0 spiro atoms. The van der Waals surface area contributed by atoms with Crippen molar-refractivity contribution in [3.8, 4) is 0 Å². The molecule has 1 N–H and O–H groups in total. The molecule has 3 nitrogen and oxygen atoms in total. The minimum absolute atomic E-state index is 0.164. The Morgan fingerprint density at radius 3 is 2.88 bits per heavy atom. The third-order valence-corrected chi connectivity index (χ3v) is 3.33. The number of nitrogens with one attached hydrogen (secondary N) is 1. The van der Waals surface area contributed by atoms with Gasteiger partial charge < -0.3 is 0 Å². The second kappa shape index (κ2) is 6.22. The number of carbonyl (C=O) groups excluding carboxylic acids is 1. The second-order valence-corrected chi connectivity index (χ2v) is 4.93. The molecule has 1 aromatic carbocycles. The van der Waals surface area contributed by atoms with Gasteiger partial charge in [-0.1, -0.05) is 30.0 Å². The van der Waals surface area contributed by atoms with Crippen LogP contribution in [0, 0.1) is 0 Å². The summed E-state index contributed by atoms with van der Waals surface area (Å²) in [6, 6.07) is 9.88. The highest BCUT2D eigenvalue weighted by molar-refractivity contribution is 8.02. The predicted octanol–water partition coefficient (Wildman–Crippen LogP) is 3.39. The fourth-order valence-electron chi connectivity index (χ4n) is 1.11. The van der Waals surface area contributed by atoms with Crippen molar-refractivity contribution < 1.29 is 4.79 Å². The smallest absolute Gasteiger partial charge is 0.250 e. The summed E-state index contributed by atoms with van der Waals surface area (Å²) >= 11 is 2.90. The summed E-state index contributed by atoms with van der Waals surface area (Å²) < 4.78 is 0. The van der Waals surface area contributed by atoms with E-state index in [2.05, 4.69) is 10.3 Å². The molecule has 0 atom stereocenters. The minimum atomic E-state index is -0.164. The van der Waals surface area contributed by atoms with Crippen molar-refractivity contribution >= 4 is 34.1 Å². The summed E-state index contributed by atoms with van der Waals surface area (Å²) in [5.41, 5.74) is 0. The van der Waals surface area contributed by atoms with Crippen molar-refractivity contribution in [2.24, 2.45) is 0 Å². The van der Waals surface area contributed by atoms with Crippen LogP contribution in [0.3, 0.4) is 0 Å². The zero-order valence-electron chi connectivity index (χ0n) is 8.87. The van der Waals surface area contributed by atoms with Gasteiger partial charge in [0.1, 0.15) is 0 Å². The SMILES string of the molecule is O=C(/C=C/Sc1ccccc1)Nc1nccs1. The number of rotatable bonds is 4. The predicted molar refractivity (Wildman–Crippen MR) is 72.2 cm³/mol. The van der Waals surface area contributed by atoms with Crippen molar-refractivity contribution in [1.82, 2.24) is 4.98 Å². The van der Waals surface area contributed by atoms with Crippen LogP contribution in [0.4, 0.5) is 5.13 Å². The quantitative estimate of drug-likeness (QED) is 0.678. The summed E-state index contributed by atoms with van der Waals surface area (Å²) in [5.74, 6) is -0.164. The van der Waals surface area contributed by atoms with Gasteiger partial charge in [-0.2, -0.15) is 0 Å². The molecule has 0 unspecified atom stereocenters. The number of amides is 1. The molecule has 1 amide bonds. The lowest BCUT2D eigenvalue weighted by Crippen LogP contribution is -2.06. The molecule has 17 heavy (non-hydrogen) atoms. The molecule has 1 aromatic heterocycles.